The van der Waals surface area contributed by atoms with Crippen LogP contribution in [-0.4, -0.2) is 38.8 Å². The van der Waals surface area contributed by atoms with Crippen LogP contribution in [0.15, 0.2) is 39.0 Å². The van der Waals surface area contributed by atoms with Crippen LogP contribution in [0.2, 0.25) is 0 Å². The minimum Gasteiger partial charge on any atom is -0.326 e. The lowest BCUT2D eigenvalue weighted by Gasteiger charge is -2.10. The number of alkyl halides is 3. The van der Waals surface area contributed by atoms with Gasteiger partial charge in [-0.1, -0.05) is 6.07 Å². The van der Waals surface area contributed by atoms with Gasteiger partial charge in [-0.3, -0.25) is 18.7 Å². The van der Waals surface area contributed by atoms with E-state index in [1.54, 1.807) is 0 Å². The third-order valence-corrected chi connectivity index (χ3v) is 6.44. The van der Waals surface area contributed by atoms with E-state index >= 15 is 0 Å². The number of aromatic nitrogens is 4. The molecule has 1 amide bonds. The van der Waals surface area contributed by atoms with E-state index in [2.05, 4.69) is 10.3 Å². The monoisotopic (exact) mass is 473 g/mol. The number of nitrogens with one attached hydrogen (secondary N) is 1. The summed E-state index contributed by atoms with van der Waals surface area (Å²) in [5.74, 6) is -1.54. The molecular formula is C18H18F3N5O5S. The average molecular weight is 473 g/mol. The Hall–Kier alpha value is -3.42. The molecule has 14 heteroatoms. The number of nitrogens with zero attached hydrogens (tertiary/aromatic N) is 4. The number of fused-ring (bicyclic) bond motifs is 1. The first-order valence-corrected chi connectivity index (χ1v) is 10.7. The zero-order valence-corrected chi connectivity index (χ0v) is 17.9. The number of carbonyl (C=O) groups excluding carboxylic acids is 1. The molecule has 0 radical (unpaired) electrons. The second-order valence-corrected chi connectivity index (χ2v) is 9.03. The fourth-order valence-electron chi connectivity index (χ4n) is 3.15. The van der Waals surface area contributed by atoms with Crippen LogP contribution in [0.3, 0.4) is 0 Å². The van der Waals surface area contributed by atoms with E-state index < -0.39 is 56.1 Å². The first-order valence-electron chi connectivity index (χ1n) is 9.06. The van der Waals surface area contributed by atoms with Gasteiger partial charge in [-0.05, 0) is 18.2 Å². The van der Waals surface area contributed by atoms with Crippen molar-refractivity contribution in [3.05, 3.63) is 50.7 Å². The Kier molecular flexibility index (Phi) is 5.76. The van der Waals surface area contributed by atoms with Crippen molar-refractivity contribution in [1.82, 2.24) is 18.7 Å². The molecule has 0 atom stereocenters. The topological polar surface area (TPSA) is 125 Å². The predicted molar refractivity (Wildman–Crippen MR) is 108 cm³/mol. The Morgan fingerprint density at radius 2 is 1.75 bits per heavy atom. The van der Waals surface area contributed by atoms with Gasteiger partial charge < -0.3 is 9.88 Å². The van der Waals surface area contributed by atoms with Crippen LogP contribution < -0.4 is 16.6 Å². The van der Waals surface area contributed by atoms with Crippen LogP contribution in [0, 0.1) is 0 Å². The van der Waals surface area contributed by atoms with Gasteiger partial charge in [0.25, 0.3) is 5.56 Å². The van der Waals surface area contributed by atoms with Gasteiger partial charge in [0.15, 0.2) is 11.2 Å². The number of rotatable bonds is 5. The Bertz CT molecular complexity index is 1450. The molecule has 1 N–H and O–H groups in total. The quantitative estimate of drug-likeness (QED) is 0.584. The SMILES string of the molecule is Cn1c(=O)c2nc(S(=O)(=O)CCC(=O)Nc3cccc(C(F)(F)F)c3)n(C)c2n(C)c1=O. The number of hydrogen-bond acceptors (Lipinski definition) is 6. The number of aryl methyl sites for hydroxylation is 2. The first kappa shape index (κ1) is 23.2. The minimum absolute atomic E-state index is 0.00917. The summed E-state index contributed by atoms with van der Waals surface area (Å²) in [5, 5.41) is 1.71. The molecule has 0 aliphatic heterocycles. The summed E-state index contributed by atoms with van der Waals surface area (Å²) in [6.07, 6.45) is -5.17. The van der Waals surface area contributed by atoms with E-state index in [9.17, 15) is 36.0 Å². The fourth-order valence-corrected chi connectivity index (χ4v) is 4.52. The average Bonchev–Trinajstić information content (AvgIpc) is 3.07. The molecule has 0 bridgehead atoms. The molecular weight excluding hydrogens is 455 g/mol. The number of benzene rings is 1. The van der Waals surface area contributed by atoms with Gasteiger partial charge in [-0.25, -0.2) is 18.2 Å². The Morgan fingerprint density at radius 3 is 2.38 bits per heavy atom. The maximum absolute atomic E-state index is 12.8. The summed E-state index contributed by atoms with van der Waals surface area (Å²) < 4.78 is 66.8. The molecule has 10 nitrogen and oxygen atoms in total. The zero-order chi connectivity index (χ0) is 24.0. The smallest absolute Gasteiger partial charge is 0.326 e. The molecule has 172 valence electrons. The van der Waals surface area contributed by atoms with Gasteiger partial charge in [0.1, 0.15) is 0 Å². The summed E-state index contributed by atoms with van der Waals surface area (Å²) in [4.78, 5) is 40.4. The van der Waals surface area contributed by atoms with Crippen molar-refractivity contribution in [2.75, 3.05) is 11.1 Å². The molecule has 0 aliphatic carbocycles. The molecule has 0 saturated heterocycles. The van der Waals surface area contributed by atoms with Crippen molar-refractivity contribution in [3.63, 3.8) is 0 Å². The lowest BCUT2D eigenvalue weighted by atomic mass is 10.2. The minimum atomic E-state index is -4.60. The lowest BCUT2D eigenvalue weighted by molar-refractivity contribution is -0.137. The van der Waals surface area contributed by atoms with E-state index in [4.69, 9.17) is 0 Å². The summed E-state index contributed by atoms with van der Waals surface area (Å²) >= 11 is 0. The number of imidazole rings is 1. The summed E-state index contributed by atoms with van der Waals surface area (Å²) in [6, 6.07) is 3.92. The maximum Gasteiger partial charge on any atom is 0.416 e. The second-order valence-electron chi connectivity index (χ2n) is 7.03. The van der Waals surface area contributed by atoms with Gasteiger partial charge >= 0.3 is 11.9 Å². The molecule has 2 aromatic heterocycles. The molecule has 0 aliphatic rings. The van der Waals surface area contributed by atoms with E-state index in [-0.39, 0.29) is 16.9 Å². The van der Waals surface area contributed by atoms with E-state index in [1.807, 2.05) is 0 Å². The van der Waals surface area contributed by atoms with Crippen molar-refractivity contribution in [2.24, 2.45) is 21.1 Å². The number of amides is 1. The molecule has 0 fully saturated rings. The van der Waals surface area contributed by atoms with Crippen molar-refractivity contribution in [3.8, 4) is 0 Å². The Balaban J connectivity index is 1.84. The number of sulfone groups is 1. The van der Waals surface area contributed by atoms with Crippen molar-refractivity contribution in [2.45, 2.75) is 17.8 Å². The number of anilines is 1. The molecule has 2 heterocycles. The predicted octanol–water partition coefficient (Wildman–Crippen LogP) is 0.792. The number of carbonyl (C=O) groups is 1. The van der Waals surface area contributed by atoms with E-state index in [0.29, 0.717) is 0 Å². The van der Waals surface area contributed by atoms with E-state index in [0.717, 1.165) is 31.9 Å². The van der Waals surface area contributed by atoms with Gasteiger partial charge in [0.2, 0.25) is 20.9 Å². The standard InChI is InChI=1S/C18H18F3N5O5S/c1-24-14-13(15(28)26(3)17(29)25(14)2)23-16(24)32(30,31)8-7-12(27)22-11-6-4-5-10(9-11)18(19,20)21/h4-6,9H,7-8H2,1-3H3,(H,22,27). The largest absolute Gasteiger partial charge is 0.416 e. The zero-order valence-electron chi connectivity index (χ0n) is 17.1. The normalized spacial score (nSPS) is 12.3. The second kappa shape index (κ2) is 7.93. The fraction of sp³-hybridized carbons (Fsp3) is 0.333. The van der Waals surface area contributed by atoms with Crippen LogP contribution in [0.25, 0.3) is 11.2 Å². The van der Waals surface area contributed by atoms with Gasteiger partial charge in [-0.2, -0.15) is 13.2 Å². The third kappa shape index (κ3) is 4.17. The highest BCUT2D eigenvalue weighted by Gasteiger charge is 2.31. The van der Waals surface area contributed by atoms with Gasteiger partial charge in [0, 0.05) is 33.3 Å². The van der Waals surface area contributed by atoms with E-state index in [1.165, 1.54) is 27.2 Å². The van der Waals surface area contributed by atoms with Crippen LogP contribution in [0.1, 0.15) is 12.0 Å². The number of halogens is 3. The molecule has 0 unspecified atom stereocenters. The molecule has 0 saturated carbocycles. The van der Waals surface area contributed by atoms with Crippen LogP contribution >= 0.6 is 0 Å². The van der Waals surface area contributed by atoms with Crippen LogP contribution in [0.4, 0.5) is 18.9 Å². The maximum atomic E-state index is 12.8. The highest BCUT2D eigenvalue weighted by Crippen LogP contribution is 2.30. The van der Waals surface area contributed by atoms with Crippen LogP contribution in [0.5, 0.6) is 0 Å². The highest BCUT2D eigenvalue weighted by atomic mass is 32.2. The highest BCUT2D eigenvalue weighted by molar-refractivity contribution is 7.91. The Labute approximate surface area is 178 Å². The Morgan fingerprint density at radius 1 is 1.09 bits per heavy atom. The third-order valence-electron chi connectivity index (χ3n) is 4.77. The first-order chi connectivity index (χ1) is 14.7. The number of hydrogen-bond donors (Lipinski definition) is 1. The summed E-state index contributed by atoms with van der Waals surface area (Å²) in [7, 11) is -0.295. The van der Waals surface area contributed by atoms with Gasteiger partial charge in [-0.15, -0.1) is 0 Å². The van der Waals surface area contributed by atoms with Gasteiger partial charge in [0.05, 0.1) is 11.3 Å². The molecule has 1 aromatic carbocycles. The summed E-state index contributed by atoms with van der Waals surface area (Å²) in [6.45, 7) is 0. The molecule has 3 rings (SSSR count). The summed E-state index contributed by atoms with van der Waals surface area (Å²) in [5.41, 5.74) is -2.79. The molecule has 3 aromatic rings. The molecule has 32 heavy (non-hydrogen) atoms. The molecule has 0 spiro atoms. The lowest BCUT2D eigenvalue weighted by Crippen LogP contribution is -2.37. The van der Waals surface area contributed by atoms with Crippen molar-refractivity contribution < 1.29 is 26.4 Å². The van der Waals surface area contributed by atoms with Crippen LogP contribution in [-0.2, 0) is 42.0 Å². The van der Waals surface area contributed by atoms with Crippen molar-refractivity contribution >= 4 is 32.6 Å². The van der Waals surface area contributed by atoms with Crippen molar-refractivity contribution in [1.29, 1.82) is 0 Å².